The topological polar surface area (TPSA) is 54.5 Å². The van der Waals surface area contributed by atoms with E-state index in [4.69, 9.17) is 11.6 Å². The highest BCUT2D eigenvalue weighted by molar-refractivity contribution is 6.16. The average Bonchev–Trinajstić information content (AvgIpc) is 2.87. The first kappa shape index (κ1) is 13.6. The summed E-state index contributed by atoms with van der Waals surface area (Å²) in [7, 11) is 0. The summed E-state index contributed by atoms with van der Waals surface area (Å²) in [5.41, 5.74) is 4.27. The lowest BCUT2D eigenvalue weighted by molar-refractivity contribution is 0.752. The molecule has 3 rings (SSSR count). The number of nitrogens with zero attached hydrogens (tertiary/aromatic N) is 4. The second-order valence-electron chi connectivity index (χ2n) is 4.80. The molecule has 5 heteroatoms. The smallest absolute Gasteiger partial charge is 0.125 e. The van der Waals surface area contributed by atoms with Crippen molar-refractivity contribution in [2.45, 2.75) is 19.3 Å². The van der Waals surface area contributed by atoms with Gasteiger partial charge in [0.1, 0.15) is 17.4 Å². The molecule has 4 nitrogen and oxygen atoms in total. The number of aryl methyl sites for hydroxylation is 1. The maximum absolute atomic E-state index is 9.20. The Hall–Kier alpha value is -2.38. The Bertz CT molecular complexity index is 845. The first-order valence-electron chi connectivity index (χ1n) is 6.59. The normalized spacial score (nSPS) is 10.7. The summed E-state index contributed by atoms with van der Waals surface area (Å²) >= 11 is 6.02. The summed E-state index contributed by atoms with van der Waals surface area (Å²) in [6, 6.07) is 11.7. The summed E-state index contributed by atoms with van der Waals surface area (Å²) < 4.78 is 2.03. The van der Waals surface area contributed by atoms with Gasteiger partial charge in [-0.05, 0) is 30.7 Å². The van der Waals surface area contributed by atoms with Crippen LogP contribution in [0.25, 0.3) is 11.0 Å². The average molecular weight is 297 g/mol. The number of pyridine rings is 1. The predicted octanol–water partition coefficient (Wildman–Crippen LogP) is 3.40. The van der Waals surface area contributed by atoms with Crippen LogP contribution in [0.1, 0.15) is 22.6 Å². The van der Waals surface area contributed by atoms with Crippen LogP contribution in [0.2, 0.25) is 0 Å². The van der Waals surface area contributed by atoms with E-state index in [0.717, 1.165) is 22.6 Å². The van der Waals surface area contributed by atoms with Gasteiger partial charge in [-0.15, -0.1) is 11.6 Å². The van der Waals surface area contributed by atoms with Crippen LogP contribution in [0.4, 0.5) is 0 Å². The van der Waals surface area contributed by atoms with E-state index in [2.05, 4.69) is 16.0 Å². The summed E-state index contributed by atoms with van der Waals surface area (Å²) in [5, 5.41) is 9.20. The second-order valence-corrected chi connectivity index (χ2v) is 5.07. The first-order chi connectivity index (χ1) is 10.2. The van der Waals surface area contributed by atoms with E-state index in [1.54, 1.807) is 12.3 Å². The number of benzene rings is 1. The number of halogens is 1. The van der Waals surface area contributed by atoms with E-state index in [-0.39, 0.29) is 0 Å². The van der Waals surface area contributed by atoms with Crippen molar-refractivity contribution in [2.75, 3.05) is 0 Å². The van der Waals surface area contributed by atoms with E-state index in [9.17, 15) is 5.26 Å². The summed E-state index contributed by atoms with van der Waals surface area (Å²) in [5.74, 6) is 1.05. The van der Waals surface area contributed by atoms with Crippen molar-refractivity contribution in [2.24, 2.45) is 0 Å². The van der Waals surface area contributed by atoms with Gasteiger partial charge in [-0.2, -0.15) is 5.26 Å². The van der Waals surface area contributed by atoms with E-state index in [1.165, 1.54) is 0 Å². The third-order valence-corrected chi connectivity index (χ3v) is 3.76. The van der Waals surface area contributed by atoms with Crippen molar-refractivity contribution in [3.63, 3.8) is 0 Å². The quantitative estimate of drug-likeness (QED) is 0.696. The zero-order valence-electron chi connectivity index (χ0n) is 11.5. The van der Waals surface area contributed by atoms with Gasteiger partial charge in [-0.3, -0.25) is 4.98 Å². The number of fused-ring (bicyclic) bond motifs is 1. The zero-order chi connectivity index (χ0) is 14.8. The van der Waals surface area contributed by atoms with E-state index in [1.807, 2.05) is 35.8 Å². The molecule has 0 aliphatic carbocycles. The van der Waals surface area contributed by atoms with Crippen LogP contribution in [0, 0.1) is 18.3 Å². The Morgan fingerprint density at radius 2 is 2.14 bits per heavy atom. The van der Waals surface area contributed by atoms with Crippen LogP contribution in [0.15, 0.2) is 36.5 Å². The fourth-order valence-corrected chi connectivity index (χ4v) is 2.60. The van der Waals surface area contributed by atoms with Gasteiger partial charge in [0.25, 0.3) is 0 Å². The third-order valence-electron chi connectivity index (χ3n) is 3.52. The minimum Gasteiger partial charge on any atom is -0.321 e. The van der Waals surface area contributed by atoms with Gasteiger partial charge in [-0.1, -0.05) is 12.1 Å². The number of hydrogen-bond acceptors (Lipinski definition) is 3. The van der Waals surface area contributed by atoms with Gasteiger partial charge in [0, 0.05) is 6.20 Å². The molecule has 0 unspecified atom stereocenters. The molecule has 0 fully saturated rings. The number of para-hydroxylation sites is 1. The van der Waals surface area contributed by atoms with Gasteiger partial charge in [0.2, 0.25) is 0 Å². The van der Waals surface area contributed by atoms with Crippen LogP contribution in [-0.4, -0.2) is 14.5 Å². The van der Waals surface area contributed by atoms with Crippen molar-refractivity contribution < 1.29 is 0 Å². The number of alkyl halides is 1. The molecular formula is C16H13ClN4. The Kier molecular flexibility index (Phi) is 3.59. The van der Waals surface area contributed by atoms with Gasteiger partial charge in [-0.25, -0.2) is 4.98 Å². The molecular weight excluding hydrogens is 284 g/mol. The zero-order valence-corrected chi connectivity index (χ0v) is 12.3. The summed E-state index contributed by atoms with van der Waals surface area (Å²) in [6.45, 7) is 2.63. The number of nitriles is 1. The second kappa shape index (κ2) is 5.55. The predicted molar refractivity (Wildman–Crippen MR) is 82.1 cm³/mol. The highest BCUT2D eigenvalue weighted by Crippen LogP contribution is 2.22. The van der Waals surface area contributed by atoms with E-state index in [0.29, 0.717) is 23.5 Å². The molecule has 1 aromatic carbocycles. The van der Waals surface area contributed by atoms with Crippen LogP contribution in [-0.2, 0) is 12.4 Å². The SMILES string of the molecule is Cc1cccnc1Cn1c(CCl)nc2c(C#N)cccc21. The minimum atomic E-state index is 0.297. The molecule has 0 aliphatic rings. The van der Waals surface area contributed by atoms with Crippen molar-refractivity contribution in [1.29, 1.82) is 5.26 Å². The molecule has 3 aromatic rings. The molecule has 0 saturated carbocycles. The van der Waals surface area contributed by atoms with Crippen LogP contribution in [0.3, 0.4) is 0 Å². The Labute approximate surface area is 127 Å². The largest absolute Gasteiger partial charge is 0.321 e. The highest BCUT2D eigenvalue weighted by atomic mass is 35.5. The van der Waals surface area contributed by atoms with Crippen molar-refractivity contribution in [3.05, 3.63) is 59.2 Å². The first-order valence-corrected chi connectivity index (χ1v) is 7.12. The Morgan fingerprint density at radius 1 is 1.29 bits per heavy atom. The van der Waals surface area contributed by atoms with Crippen LogP contribution in [0.5, 0.6) is 0 Å². The van der Waals surface area contributed by atoms with Crippen LogP contribution < -0.4 is 0 Å². The number of imidazole rings is 1. The minimum absolute atomic E-state index is 0.297. The van der Waals surface area contributed by atoms with Crippen molar-refractivity contribution in [1.82, 2.24) is 14.5 Å². The lowest BCUT2D eigenvalue weighted by Gasteiger charge is -2.09. The van der Waals surface area contributed by atoms with E-state index >= 15 is 0 Å². The molecule has 2 aromatic heterocycles. The standard InChI is InChI=1S/C16H13ClN4/c1-11-4-3-7-19-13(11)10-21-14-6-2-5-12(9-18)16(14)20-15(21)8-17/h2-7H,8,10H2,1H3. The molecule has 0 radical (unpaired) electrons. The Morgan fingerprint density at radius 3 is 2.86 bits per heavy atom. The van der Waals surface area contributed by atoms with Gasteiger partial charge >= 0.3 is 0 Å². The molecule has 0 bridgehead atoms. The fourth-order valence-electron chi connectivity index (χ4n) is 2.40. The number of rotatable bonds is 3. The molecule has 0 spiro atoms. The monoisotopic (exact) mass is 296 g/mol. The van der Waals surface area contributed by atoms with Gasteiger partial charge < -0.3 is 4.57 Å². The lowest BCUT2D eigenvalue weighted by atomic mass is 10.2. The highest BCUT2D eigenvalue weighted by Gasteiger charge is 2.14. The fraction of sp³-hybridized carbons (Fsp3) is 0.188. The Balaban J connectivity index is 2.18. The lowest BCUT2D eigenvalue weighted by Crippen LogP contribution is -2.06. The number of aromatic nitrogens is 3. The van der Waals surface area contributed by atoms with E-state index < -0.39 is 0 Å². The molecule has 104 valence electrons. The van der Waals surface area contributed by atoms with Gasteiger partial charge in [0.15, 0.2) is 0 Å². The molecule has 0 amide bonds. The molecule has 0 aliphatic heterocycles. The molecule has 21 heavy (non-hydrogen) atoms. The maximum atomic E-state index is 9.20. The van der Waals surface area contributed by atoms with Crippen LogP contribution >= 0.6 is 11.6 Å². The van der Waals surface area contributed by atoms with Crippen molar-refractivity contribution >= 4 is 22.6 Å². The summed E-state index contributed by atoms with van der Waals surface area (Å²) in [6.07, 6.45) is 1.78. The maximum Gasteiger partial charge on any atom is 0.125 e. The number of hydrogen-bond donors (Lipinski definition) is 0. The molecule has 0 atom stereocenters. The summed E-state index contributed by atoms with van der Waals surface area (Å²) in [4.78, 5) is 8.93. The molecule has 0 N–H and O–H groups in total. The third kappa shape index (κ3) is 2.37. The van der Waals surface area contributed by atoms with Gasteiger partial charge in [0.05, 0.1) is 29.2 Å². The molecule has 2 heterocycles. The van der Waals surface area contributed by atoms with Crippen molar-refractivity contribution in [3.8, 4) is 6.07 Å². The molecule has 0 saturated heterocycles.